The van der Waals surface area contributed by atoms with Crippen LogP contribution in [-0.4, -0.2) is 11.8 Å². The maximum atomic E-state index is 12.9. The summed E-state index contributed by atoms with van der Waals surface area (Å²) in [5.74, 6) is -1.87. The highest BCUT2D eigenvalue weighted by molar-refractivity contribution is 5.81. The molecular weight excluding hydrogens is 224 g/mol. The third-order valence-electron chi connectivity index (χ3n) is 2.53. The van der Waals surface area contributed by atoms with Gasteiger partial charge in [0.15, 0.2) is 11.6 Å². The third-order valence-corrected chi connectivity index (χ3v) is 2.53. The molecule has 0 aliphatic rings. The molecule has 4 heteroatoms. The summed E-state index contributed by atoms with van der Waals surface area (Å²) in [7, 11) is 0. The highest BCUT2D eigenvalue weighted by Gasteiger charge is 2.11. The van der Waals surface area contributed by atoms with Crippen molar-refractivity contribution in [1.29, 1.82) is 0 Å². The van der Waals surface area contributed by atoms with Gasteiger partial charge in [-0.15, -0.1) is 0 Å². The van der Waals surface area contributed by atoms with E-state index in [1.165, 1.54) is 6.07 Å². The van der Waals surface area contributed by atoms with Crippen molar-refractivity contribution < 1.29 is 13.6 Å². The van der Waals surface area contributed by atoms with Crippen LogP contribution >= 0.6 is 0 Å². The minimum Gasteiger partial charge on any atom is -0.327 e. The van der Waals surface area contributed by atoms with Gasteiger partial charge in [-0.25, -0.2) is 8.78 Å². The van der Waals surface area contributed by atoms with E-state index in [0.29, 0.717) is 5.56 Å². The van der Waals surface area contributed by atoms with Crippen molar-refractivity contribution in [2.45, 2.75) is 38.6 Å². The number of Topliss-reactive ketones (excluding diaryl/α,β-unsaturated/α-hetero) is 1. The Labute approximate surface area is 99.8 Å². The molecule has 1 aromatic rings. The number of halogens is 2. The zero-order valence-electron chi connectivity index (χ0n) is 9.88. The third kappa shape index (κ3) is 4.61. The summed E-state index contributed by atoms with van der Waals surface area (Å²) >= 11 is 0. The molecule has 0 amide bonds. The van der Waals surface area contributed by atoms with E-state index in [1.54, 1.807) is 0 Å². The lowest BCUT2D eigenvalue weighted by Gasteiger charge is -2.09. The second-order valence-corrected chi connectivity index (χ2v) is 4.22. The first kappa shape index (κ1) is 13.8. The van der Waals surface area contributed by atoms with Crippen LogP contribution in [0.2, 0.25) is 0 Å². The molecule has 0 saturated carbocycles. The lowest BCUT2D eigenvalue weighted by Crippen LogP contribution is -2.24. The average molecular weight is 241 g/mol. The molecule has 1 atom stereocenters. The summed E-state index contributed by atoms with van der Waals surface area (Å²) in [5.41, 5.74) is 6.22. The van der Waals surface area contributed by atoms with Crippen LogP contribution in [0, 0.1) is 11.6 Å². The van der Waals surface area contributed by atoms with Gasteiger partial charge in [0.25, 0.3) is 0 Å². The van der Waals surface area contributed by atoms with E-state index in [-0.39, 0.29) is 24.7 Å². The second kappa shape index (κ2) is 6.45. The number of benzene rings is 1. The van der Waals surface area contributed by atoms with Crippen LogP contribution in [0.15, 0.2) is 18.2 Å². The van der Waals surface area contributed by atoms with Gasteiger partial charge in [-0.1, -0.05) is 19.4 Å². The molecule has 1 rings (SSSR count). The Morgan fingerprint density at radius 1 is 1.35 bits per heavy atom. The van der Waals surface area contributed by atoms with Gasteiger partial charge in [0, 0.05) is 18.9 Å². The molecule has 1 aromatic carbocycles. The SMILES string of the molecule is CCCC(N)CC(=O)Cc1ccc(F)c(F)c1. The Morgan fingerprint density at radius 3 is 2.65 bits per heavy atom. The van der Waals surface area contributed by atoms with Crippen LogP contribution in [0.5, 0.6) is 0 Å². The maximum absolute atomic E-state index is 12.9. The van der Waals surface area contributed by atoms with Gasteiger partial charge in [-0.2, -0.15) is 0 Å². The van der Waals surface area contributed by atoms with Gasteiger partial charge in [-0.3, -0.25) is 4.79 Å². The van der Waals surface area contributed by atoms with E-state index >= 15 is 0 Å². The van der Waals surface area contributed by atoms with Gasteiger partial charge in [0.05, 0.1) is 0 Å². The van der Waals surface area contributed by atoms with Crippen LogP contribution in [-0.2, 0) is 11.2 Å². The molecule has 2 N–H and O–H groups in total. The lowest BCUT2D eigenvalue weighted by atomic mass is 10.0. The molecule has 0 aliphatic carbocycles. The molecule has 0 bridgehead atoms. The molecule has 0 saturated heterocycles. The molecule has 0 aliphatic heterocycles. The summed E-state index contributed by atoms with van der Waals surface area (Å²) < 4.78 is 25.6. The molecule has 0 aromatic heterocycles. The fraction of sp³-hybridized carbons (Fsp3) is 0.462. The molecule has 0 fully saturated rings. The number of hydrogen-bond acceptors (Lipinski definition) is 2. The number of rotatable bonds is 6. The summed E-state index contributed by atoms with van der Waals surface area (Å²) in [5, 5.41) is 0. The first-order valence-corrected chi connectivity index (χ1v) is 5.74. The van der Waals surface area contributed by atoms with Crippen molar-refractivity contribution in [3.63, 3.8) is 0 Å². The standard InChI is InChI=1S/C13H17F2NO/c1-2-3-10(16)8-11(17)6-9-4-5-12(14)13(15)7-9/h4-5,7,10H,2-3,6,8,16H2,1H3. The predicted molar refractivity (Wildman–Crippen MR) is 62.6 cm³/mol. The maximum Gasteiger partial charge on any atom is 0.159 e. The van der Waals surface area contributed by atoms with E-state index in [4.69, 9.17) is 5.73 Å². The topological polar surface area (TPSA) is 43.1 Å². The van der Waals surface area contributed by atoms with Crippen LogP contribution in [0.25, 0.3) is 0 Å². The summed E-state index contributed by atoms with van der Waals surface area (Å²) in [6, 6.07) is 3.36. The van der Waals surface area contributed by atoms with Crippen LogP contribution in [0.1, 0.15) is 31.7 Å². The minimum atomic E-state index is -0.923. The lowest BCUT2D eigenvalue weighted by molar-refractivity contribution is -0.118. The minimum absolute atomic E-state index is 0.0445. The van der Waals surface area contributed by atoms with Gasteiger partial charge in [-0.05, 0) is 24.1 Å². The Balaban J connectivity index is 2.53. The van der Waals surface area contributed by atoms with Crippen LogP contribution < -0.4 is 5.73 Å². The molecule has 1 unspecified atom stereocenters. The van der Waals surface area contributed by atoms with Crippen molar-refractivity contribution in [3.8, 4) is 0 Å². The quantitative estimate of drug-likeness (QED) is 0.831. The number of nitrogens with two attached hydrogens (primary N) is 1. The van der Waals surface area contributed by atoms with E-state index in [0.717, 1.165) is 25.0 Å². The number of carbonyl (C=O) groups excluding carboxylic acids is 1. The van der Waals surface area contributed by atoms with Crippen molar-refractivity contribution in [1.82, 2.24) is 0 Å². The molecule has 0 spiro atoms. The normalized spacial score (nSPS) is 12.5. The van der Waals surface area contributed by atoms with Gasteiger partial charge >= 0.3 is 0 Å². The number of carbonyl (C=O) groups is 1. The molecule has 0 heterocycles. The Hall–Kier alpha value is -1.29. The molecule has 17 heavy (non-hydrogen) atoms. The summed E-state index contributed by atoms with van der Waals surface area (Å²) in [6.07, 6.45) is 2.12. The predicted octanol–water partition coefficient (Wildman–Crippen LogP) is 2.59. The zero-order chi connectivity index (χ0) is 12.8. The van der Waals surface area contributed by atoms with Crippen molar-refractivity contribution >= 4 is 5.78 Å². The smallest absolute Gasteiger partial charge is 0.159 e. The Kier molecular flexibility index (Phi) is 5.22. The Morgan fingerprint density at radius 2 is 2.06 bits per heavy atom. The van der Waals surface area contributed by atoms with E-state index in [9.17, 15) is 13.6 Å². The molecule has 94 valence electrons. The van der Waals surface area contributed by atoms with Gasteiger partial charge in [0.2, 0.25) is 0 Å². The molecule has 2 nitrogen and oxygen atoms in total. The van der Waals surface area contributed by atoms with E-state index in [1.807, 2.05) is 6.92 Å². The van der Waals surface area contributed by atoms with Crippen LogP contribution in [0.3, 0.4) is 0 Å². The summed E-state index contributed by atoms with van der Waals surface area (Å²) in [4.78, 5) is 11.6. The average Bonchev–Trinajstić information content (AvgIpc) is 2.23. The van der Waals surface area contributed by atoms with E-state index in [2.05, 4.69) is 0 Å². The first-order valence-electron chi connectivity index (χ1n) is 5.74. The monoisotopic (exact) mass is 241 g/mol. The van der Waals surface area contributed by atoms with Crippen molar-refractivity contribution in [2.24, 2.45) is 5.73 Å². The number of ketones is 1. The van der Waals surface area contributed by atoms with E-state index < -0.39 is 11.6 Å². The summed E-state index contributed by atoms with van der Waals surface area (Å²) in [6.45, 7) is 2.00. The molecule has 0 radical (unpaired) electrons. The highest BCUT2D eigenvalue weighted by atomic mass is 19.2. The number of hydrogen-bond donors (Lipinski definition) is 1. The fourth-order valence-electron chi connectivity index (χ4n) is 1.71. The van der Waals surface area contributed by atoms with Gasteiger partial charge < -0.3 is 5.73 Å². The second-order valence-electron chi connectivity index (χ2n) is 4.22. The van der Waals surface area contributed by atoms with Crippen molar-refractivity contribution in [2.75, 3.05) is 0 Å². The molecular formula is C13H17F2NO. The first-order chi connectivity index (χ1) is 8.02. The Bertz CT molecular complexity index is 393. The fourth-order valence-corrected chi connectivity index (χ4v) is 1.71. The zero-order valence-corrected chi connectivity index (χ0v) is 9.88. The highest BCUT2D eigenvalue weighted by Crippen LogP contribution is 2.11. The van der Waals surface area contributed by atoms with Crippen LogP contribution in [0.4, 0.5) is 8.78 Å². The van der Waals surface area contributed by atoms with Crippen molar-refractivity contribution in [3.05, 3.63) is 35.4 Å². The van der Waals surface area contributed by atoms with Gasteiger partial charge in [0.1, 0.15) is 5.78 Å². The largest absolute Gasteiger partial charge is 0.327 e.